The minimum atomic E-state index is -0.501. The number of likely N-dealkylation sites (N-methyl/N-ethyl adjacent to an activating group) is 1. The Morgan fingerprint density at radius 3 is 2.67 bits per heavy atom. The molecule has 0 aliphatic carbocycles. The molecule has 0 aliphatic heterocycles. The Labute approximate surface area is 142 Å². The number of aliphatic hydroxyl groups is 1. The van der Waals surface area contributed by atoms with Gasteiger partial charge < -0.3 is 21.1 Å². The maximum absolute atomic E-state index is 11.7. The SMILES string of the molecule is Cc1ccc(CC(CN(C)C(=O)CO)Nc2ncccc2N)cc1. The van der Waals surface area contributed by atoms with Crippen molar-refractivity contribution < 1.29 is 9.90 Å². The van der Waals surface area contributed by atoms with Gasteiger partial charge in [0, 0.05) is 25.8 Å². The maximum Gasteiger partial charge on any atom is 0.248 e. The molecule has 2 aromatic rings. The van der Waals surface area contributed by atoms with Crippen molar-refractivity contribution in [3.8, 4) is 0 Å². The molecule has 0 saturated heterocycles. The molecule has 2 rings (SSSR count). The van der Waals surface area contributed by atoms with Crippen LogP contribution in [-0.4, -0.2) is 47.1 Å². The van der Waals surface area contributed by atoms with Crippen LogP contribution in [0.1, 0.15) is 11.1 Å². The molecule has 0 aliphatic rings. The number of rotatable bonds is 7. The van der Waals surface area contributed by atoms with Crippen LogP contribution in [0.3, 0.4) is 0 Å². The first-order valence-electron chi connectivity index (χ1n) is 7.87. The quantitative estimate of drug-likeness (QED) is 0.715. The van der Waals surface area contributed by atoms with Gasteiger partial charge in [0.15, 0.2) is 0 Å². The monoisotopic (exact) mass is 328 g/mol. The van der Waals surface area contributed by atoms with Crippen molar-refractivity contribution in [2.75, 3.05) is 31.2 Å². The number of aryl methyl sites for hydroxylation is 1. The Morgan fingerprint density at radius 2 is 2.04 bits per heavy atom. The minimum absolute atomic E-state index is 0.0783. The third kappa shape index (κ3) is 4.96. The third-order valence-electron chi connectivity index (χ3n) is 3.84. The van der Waals surface area contributed by atoms with Crippen molar-refractivity contribution >= 4 is 17.4 Å². The van der Waals surface area contributed by atoms with Crippen molar-refractivity contribution in [3.63, 3.8) is 0 Å². The molecule has 4 N–H and O–H groups in total. The van der Waals surface area contributed by atoms with Gasteiger partial charge >= 0.3 is 0 Å². The number of nitrogens with zero attached hydrogens (tertiary/aromatic N) is 2. The highest BCUT2D eigenvalue weighted by molar-refractivity contribution is 5.77. The molecule has 0 spiro atoms. The van der Waals surface area contributed by atoms with Crippen molar-refractivity contribution in [1.29, 1.82) is 0 Å². The van der Waals surface area contributed by atoms with Gasteiger partial charge in [-0.15, -0.1) is 0 Å². The van der Waals surface area contributed by atoms with Gasteiger partial charge in [0.05, 0.1) is 5.69 Å². The largest absolute Gasteiger partial charge is 0.396 e. The molecule has 1 atom stereocenters. The second-order valence-corrected chi connectivity index (χ2v) is 5.90. The molecule has 1 amide bonds. The number of amides is 1. The van der Waals surface area contributed by atoms with E-state index in [1.165, 1.54) is 10.5 Å². The average Bonchev–Trinajstić information content (AvgIpc) is 2.58. The van der Waals surface area contributed by atoms with Crippen LogP contribution in [-0.2, 0) is 11.2 Å². The number of nitrogens with one attached hydrogen (secondary N) is 1. The van der Waals surface area contributed by atoms with E-state index < -0.39 is 6.61 Å². The highest BCUT2D eigenvalue weighted by atomic mass is 16.3. The zero-order valence-electron chi connectivity index (χ0n) is 14.1. The summed E-state index contributed by atoms with van der Waals surface area (Å²) >= 11 is 0. The summed E-state index contributed by atoms with van der Waals surface area (Å²) < 4.78 is 0. The first-order chi connectivity index (χ1) is 11.5. The van der Waals surface area contributed by atoms with Crippen LogP contribution in [0.15, 0.2) is 42.6 Å². The summed E-state index contributed by atoms with van der Waals surface area (Å²) in [6.45, 7) is 1.98. The summed E-state index contributed by atoms with van der Waals surface area (Å²) in [7, 11) is 1.67. The summed E-state index contributed by atoms with van der Waals surface area (Å²) in [6.07, 6.45) is 2.38. The lowest BCUT2D eigenvalue weighted by molar-refractivity contribution is -0.132. The van der Waals surface area contributed by atoms with Crippen LogP contribution < -0.4 is 11.1 Å². The van der Waals surface area contributed by atoms with E-state index in [0.29, 0.717) is 24.5 Å². The molecule has 0 saturated carbocycles. The van der Waals surface area contributed by atoms with Gasteiger partial charge in [-0.25, -0.2) is 4.98 Å². The molecule has 1 unspecified atom stereocenters. The Balaban J connectivity index is 2.15. The lowest BCUT2D eigenvalue weighted by Gasteiger charge is -2.26. The Kier molecular flexibility index (Phi) is 6.14. The van der Waals surface area contributed by atoms with E-state index >= 15 is 0 Å². The van der Waals surface area contributed by atoms with Gasteiger partial charge in [0.25, 0.3) is 0 Å². The second-order valence-electron chi connectivity index (χ2n) is 5.90. The molecule has 6 nitrogen and oxygen atoms in total. The number of carbonyl (C=O) groups excluding carboxylic acids is 1. The Bertz CT molecular complexity index is 673. The molecular weight excluding hydrogens is 304 g/mol. The second kappa shape index (κ2) is 8.31. The van der Waals surface area contributed by atoms with Gasteiger partial charge in [-0.1, -0.05) is 29.8 Å². The van der Waals surface area contributed by atoms with E-state index in [2.05, 4.69) is 34.6 Å². The number of benzene rings is 1. The summed E-state index contributed by atoms with van der Waals surface area (Å²) in [4.78, 5) is 17.4. The van der Waals surface area contributed by atoms with E-state index in [-0.39, 0.29) is 11.9 Å². The Hall–Kier alpha value is -2.60. The minimum Gasteiger partial charge on any atom is -0.396 e. The average molecular weight is 328 g/mol. The Morgan fingerprint density at radius 1 is 1.33 bits per heavy atom. The zero-order chi connectivity index (χ0) is 17.5. The molecule has 0 fully saturated rings. The predicted octanol–water partition coefficient (Wildman–Crippen LogP) is 1.45. The van der Waals surface area contributed by atoms with Crippen LogP contribution in [0.5, 0.6) is 0 Å². The number of hydrogen-bond donors (Lipinski definition) is 3. The summed E-state index contributed by atoms with van der Waals surface area (Å²) in [5, 5.41) is 12.3. The van der Waals surface area contributed by atoms with Gasteiger partial charge in [0.1, 0.15) is 12.4 Å². The molecule has 1 heterocycles. The molecular formula is C18H24N4O2. The number of hydrogen-bond acceptors (Lipinski definition) is 5. The molecule has 24 heavy (non-hydrogen) atoms. The fourth-order valence-electron chi connectivity index (χ4n) is 2.45. The molecule has 0 bridgehead atoms. The summed E-state index contributed by atoms with van der Waals surface area (Å²) in [6, 6.07) is 11.7. The van der Waals surface area contributed by atoms with Gasteiger partial charge in [-0.3, -0.25) is 4.79 Å². The smallest absolute Gasteiger partial charge is 0.248 e. The first-order valence-corrected chi connectivity index (χ1v) is 7.87. The van der Waals surface area contributed by atoms with Crippen molar-refractivity contribution in [2.45, 2.75) is 19.4 Å². The lowest BCUT2D eigenvalue weighted by atomic mass is 10.0. The third-order valence-corrected chi connectivity index (χ3v) is 3.84. The van der Waals surface area contributed by atoms with Crippen LogP contribution in [0.2, 0.25) is 0 Å². The fraction of sp³-hybridized carbons (Fsp3) is 0.333. The number of pyridine rings is 1. The number of carbonyl (C=O) groups is 1. The van der Waals surface area contributed by atoms with Gasteiger partial charge in [-0.2, -0.15) is 0 Å². The molecule has 1 aromatic heterocycles. The zero-order valence-corrected chi connectivity index (χ0v) is 14.1. The molecule has 6 heteroatoms. The van der Waals surface area contributed by atoms with Crippen LogP contribution >= 0.6 is 0 Å². The highest BCUT2D eigenvalue weighted by Crippen LogP contribution is 2.17. The normalized spacial score (nSPS) is 11.8. The lowest BCUT2D eigenvalue weighted by Crippen LogP contribution is -2.40. The van der Waals surface area contributed by atoms with Crippen molar-refractivity contribution in [1.82, 2.24) is 9.88 Å². The van der Waals surface area contributed by atoms with Crippen LogP contribution in [0.4, 0.5) is 11.5 Å². The van der Waals surface area contributed by atoms with Crippen molar-refractivity contribution in [3.05, 3.63) is 53.7 Å². The van der Waals surface area contributed by atoms with Crippen LogP contribution in [0, 0.1) is 6.92 Å². The van der Waals surface area contributed by atoms with Gasteiger partial charge in [0.2, 0.25) is 5.91 Å². The van der Waals surface area contributed by atoms with E-state index in [9.17, 15) is 4.79 Å². The van der Waals surface area contributed by atoms with E-state index in [4.69, 9.17) is 10.8 Å². The highest BCUT2D eigenvalue weighted by Gasteiger charge is 2.17. The number of nitrogens with two attached hydrogens (primary N) is 1. The van der Waals surface area contributed by atoms with E-state index in [0.717, 1.165) is 5.56 Å². The summed E-state index contributed by atoms with van der Waals surface area (Å²) in [5.41, 5.74) is 8.86. The molecule has 128 valence electrons. The van der Waals surface area contributed by atoms with E-state index in [1.54, 1.807) is 25.4 Å². The molecule has 1 aromatic carbocycles. The standard InChI is InChI=1S/C18H24N4O2/c1-13-5-7-14(8-6-13)10-15(11-22(2)17(24)12-23)21-18-16(19)4-3-9-20-18/h3-9,15,23H,10-12,19H2,1-2H3,(H,20,21). The number of aliphatic hydroxyl groups excluding tert-OH is 1. The number of aromatic nitrogens is 1. The summed E-state index contributed by atoms with van der Waals surface area (Å²) in [5.74, 6) is 0.277. The fourth-order valence-corrected chi connectivity index (χ4v) is 2.45. The number of nitrogen functional groups attached to an aromatic ring is 1. The maximum atomic E-state index is 11.7. The van der Waals surface area contributed by atoms with Crippen LogP contribution in [0.25, 0.3) is 0 Å². The predicted molar refractivity (Wildman–Crippen MR) is 95.7 cm³/mol. The van der Waals surface area contributed by atoms with Gasteiger partial charge in [-0.05, 0) is 31.0 Å². The molecule has 0 radical (unpaired) electrons. The number of anilines is 2. The first kappa shape index (κ1) is 17.7. The van der Waals surface area contributed by atoms with E-state index in [1.807, 2.05) is 6.92 Å². The van der Waals surface area contributed by atoms with Crippen molar-refractivity contribution in [2.24, 2.45) is 0 Å². The topological polar surface area (TPSA) is 91.5 Å².